The van der Waals surface area contributed by atoms with Crippen molar-refractivity contribution >= 4 is 33.3 Å². The molecule has 0 saturated carbocycles. The number of hydrogen-bond donors (Lipinski definition) is 1. The molecule has 8 heteroatoms. The maximum absolute atomic E-state index is 11.2. The molecule has 1 N–H and O–H groups in total. The van der Waals surface area contributed by atoms with Crippen molar-refractivity contribution in [2.24, 2.45) is 0 Å². The van der Waals surface area contributed by atoms with Gasteiger partial charge in [0.1, 0.15) is 18.2 Å². The number of thiophene rings is 1. The van der Waals surface area contributed by atoms with Crippen molar-refractivity contribution in [3.05, 3.63) is 17.8 Å². The lowest BCUT2D eigenvalue weighted by Gasteiger charge is -2.35. The third-order valence-corrected chi connectivity index (χ3v) is 5.00. The van der Waals surface area contributed by atoms with Gasteiger partial charge in [-0.2, -0.15) is 0 Å². The summed E-state index contributed by atoms with van der Waals surface area (Å²) in [4.78, 5) is 24.6. The molecule has 24 heavy (non-hydrogen) atoms. The summed E-state index contributed by atoms with van der Waals surface area (Å²) >= 11 is 1.68. The van der Waals surface area contributed by atoms with Crippen molar-refractivity contribution in [1.29, 1.82) is 0 Å². The number of esters is 1. The molecule has 2 aromatic rings. The number of hydrogen-bond acceptors (Lipinski definition) is 8. The first-order chi connectivity index (χ1) is 11.6. The number of carbonyl (C=O) groups excluding carboxylic acids is 1. The molecule has 1 saturated heterocycles. The molecule has 1 aliphatic rings. The zero-order valence-corrected chi connectivity index (χ0v) is 14.5. The van der Waals surface area contributed by atoms with Crippen LogP contribution in [0.3, 0.4) is 0 Å². The number of rotatable bonds is 6. The highest BCUT2D eigenvalue weighted by Crippen LogP contribution is 2.28. The smallest absolute Gasteiger partial charge is 0.334 e. The summed E-state index contributed by atoms with van der Waals surface area (Å²) in [6.45, 7) is 6.43. The summed E-state index contributed by atoms with van der Waals surface area (Å²) in [6, 6.07) is 2.02. The van der Waals surface area contributed by atoms with Crippen LogP contribution in [0.4, 0.5) is 5.82 Å². The van der Waals surface area contributed by atoms with Gasteiger partial charge in [-0.3, -0.25) is 4.90 Å². The summed E-state index contributed by atoms with van der Waals surface area (Å²) in [5.74, 6) is 0.476. The summed E-state index contributed by atoms with van der Waals surface area (Å²) in [5, 5.41) is 11.1. The Morgan fingerprint density at radius 2 is 2.17 bits per heavy atom. The minimum Gasteiger partial charge on any atom is -0.464 e. The van der Waals surface area contributed by atoms with Gasteiger partial charge in [0.15, 0.2) is 0 Å². The van der Waals surface area contributed by atoms with E-state index in [0.717, 1.165) is 55.2 Å². The summed E-state index contributed by atoms with van der Waals surface area (Å²) in [5.41, 5.74) is 1.01. The highest BCUT2D eigenvalue weighted by Gasteiger charge is 2.20. The highest BCUT2D eigenvalue weighted by molar-refractivity contribution is 7.17. The van der Waals surface area contributed by atoms with E-state index in [-0.39, 0.29) is 0 Å². The summed E-state index contributed by atoms with van der Waals surface area (Å²) in [6.07, 6.45) is 1.37. The van der Waals surface area contributed by atoms with E-state index in [1.54, 1.807) is 17.7 Å². The van der Waals surface area contributed by atoms with E-state index < -0.39 is 12.1 Å². The molecule has 130 valence electrons. The second kappa shape index (κ2) is 7.87. The predicted octanol–water partition coefficient (Wildman–Crippen LogP) is 1.13. The van der Waals surface area contributed by atoms with Crippen LogP contribution in [0.5, 0.6) is 0 Å². The maximum atomic E-state index is 11.2. The molecule has 7 nitrogen and oxygen atoms in total. The SMILES string of the molecule is C[C@@H](O)C(=O)OCCCN1CCN(c2ncnc3ccsc23)CC1. The topological polar surface area (TPSA) is 78.8 Å². The van der Waals surface area contributed by atoms with Crippen LogP contribution < -0.4 is 4.90 Å². The summed E-state index contributed by atoms with van der Waals surface area (Å²) < 4.78 is 6.13. The quantitative estimate of drug-likeness (QED) is 0.618. The predicted molar refractivity (Wildman–Crippen MR) is 93.3 cm³/mol. The fourth-order valence-corrected chi connectivity index (χ4v) is 3.63. The van der Waals surface area contributed by atoms with Gasteiger partial charge in [0.2, 0.25) is 0 Å². The van der Waals surface area contributed by atoms with Crippen LogP contribution in [0.1, 0.15) is 13.3 Å². The molecule has 0 amide bonds. The van der Waals surface area contributed by atoms with Crippen LogP contribution in [0.2, 0.25) is 0 Å². The molecule has 1 aliphatic heterocycles. The number of aromatic nitrogens is 2. The average molecular weight is 350 g/mol. The van der Waals surface area contributed by atoms with Gasteiger partial charge in [-0.1, -0.05) is 0 Å². The molecular weight excluding hydrogens is 328 g/mol. The number of ether oxygens (including phenoxy) is 1. The zero-order valence-electron chi connectivity index (χ0n) is 13.7. The third-order valence-electron chi connectivity index (χ3n) is 4.10. The van der Waals surface area contributed by atoms with E-state index in [1.165, 1.54) is 6.92 Å². The molecule has 3 rings (SSSR count). The van der Waals surface area contributed by atoms with E-state index in [1.807, 2.05) is 11.4 Å². The number of anilines is 1. The Bertz CT molecular complexity index is 683. The number of fused-ring (bicyclic) bond motifs is 1. The fraction of sp³-hybridized carbons (Fsp3) is 0.562. The van der Waals surface area contributed by atoms with E-state index in [9.17, 15) is 4.79 Å². The molecular formula is C16H22N4O3S. The van der Waals surface area contributed by atoms with Crippen molar-refractivity contribution in [3.63, 3.8) is 0 Å². The Morgan fingerprint density at radius 3 is 2.92 bits per heavy atom. The monoisotopic (exact) mass is 350 g/mol. The van der Waals surface area contributed by atoms with Crippen molar-refractivity contribution in [2.45, 2.75) is 19.4 Å². The van der Waals surface area contributed by atoms with Gasteiger partial charge in [-0.05, 0) is 24.8 Å². The number of nitrogens with zero attached hydrogens (tertiary/aromatic N) is 4. The highest BCUT2D eigenvalue weighted by atomic mass is 32.1. The number of aliphatic hydroxyl groups is 1. The normalized spacial score (nSPS) is 17.2. The van der Waals surface area contributed by atoms with Crippen molar-refractivity contribution < 1.29 is 14.6 Å². The molecule has 0 unspecified atom stereocenters. The minimum absolute atomic E-state index is 0.353. The van der Waals surface area contributed by atoms with Gasteiger partial charge in [-0.15, -0.1) is 11.3 Å². The van der Waals surface area contributed by atoms with Gasteiger partial charge in [0.05, 0.1) is 16.8 Å². The second-order valence-corrected chi connectivity index (χ2v) is 6.77. The molecule has 0 aromatic carbocycles. The Kier molecular flexibility index (Phi) is 5.60. The number of carbonyl (C=O) groups is 1. The number of piperazine rings is 1. The Balaban J connectivity index is 1.44. The third kappa shape index (κ3) is 4.00. The first kappa shape index (κ1) is 17.1. The molecule has 2 aromatic heterocycles. The van der Waals surface area contributed by atoms with E-state index in [2.05, 4.69) is 19.8 Å². The van der Waals surface area contributed by atoms with Crippen molar-refractivity contribution in [3.8, 4) is 0 Å². The van der Waals surface area contributed by atoms with Crippen LogP contribution in [-0.4, -0.2) is 71.4 Å². The van der Waals surface area contributed by atoms with Crippen LogP contribution >= 0.6 is 11.3 Å². The van der Waals surface area contributed by atoms with Gasteiger partial charge in [0, 0.05) is 32.7 Å². The van der Waals surface area contributed by atoms with Gasteiger partial charge >= 0.3 is 5.97 Å². The molecule has 0 radical (unpaired) electrons. The van der Waals surface area contributed by atoms with Crippen molar-refractivity contribution in [2.75, 3.05) is 44.2 Å². The molecule has 0 bridgehead atoms. The lowest BCUT2D eigenvalue weighted by Crippen LogP contribution is -2.47. The van der Waals surface area contributed by atoms with E-state index >= 15 is 0 Å². The second-order valence-electron chi connectivity index (χ2n) is 5.86. The maximum Gasteiger partial charge on any atom is 0.334 e. The molecule has 3 heterocycles. The van der Waals surface area contributed by atoms with Crippen LogP contribution in [0, 0.1) is 0 Å². The Morgan fingerprint density at radius 1 is 1.38 bits per heavy atom. The Labute approximate surface area is 144 Å². The zero-order chi connectivity index (χ0) is 16.9. The standard InChI is InChI=1S/C16H22N4O3S/c1-12(21)16(22)23-9-2-4-19-5-7-20(8-6-19)15-14-13(3-10-24-14)17-11-18-15/h3,10-12,21H,2,4-9H2,1H3/t12-/m1/s1. The first-order valence-corrected chi connectivity index (χ1v) is 9.03. The van der Waals surface area contributed by atoms with Crippen LogP contribution in [-0.2, 0) is 9.53 Å². The fourth-order valence-electron chi connectivity index (χ4n) is 2.77. The molecule has 1 fully saturated rings. The minimum atomic E-state index is -1.05. The molecule has 0 aliphatic carbocycles. The lowest BCUT2D eigenvalue weighted by atomic mass is 10.3. The molecule has 0 spiro atoms. The van der Waals surface area contributed by atoms with Gasteiger partial charge < -0.3 is 14.7 Å². The average Bonchev–Trinajstić information content (AvgIpc) is 3.07. The van der Waals surface area contributed by atoms with Crippen LogP contribution in [0.25, 0.3) is 10.2 Å². The lowest BCUT2D eigenvalue weighted by molar-refractivity contribution is -0.152. The largest absolute Gasteiger partial charge is 0.464 e. The molecule has 1 atom stereocenters. The van der Waals surface area contributed by atoms with Crippen LogP contribution in [0.15, 0.2) is 17.8 Å². The summed E-state index contributed by atoms with van der Waals surface area (Å²) in [7, 11) is 0. The van der Waals surface area contributed by atoms with Gasteiger partial charge in [-0.25, -0.2) is 14.8 Å². The first-order valence-electron chi connectivity index (χ1n) is 8.15. The van der Waals surface area contributed by atoms with E-state index in [0.29, 0.717) is 6.61 Å². The van der Waals surface area contributed by atoms with Gasteiger partial charge in [0.25, 0.3) is 0 Å². The van der Waals surface area contributed by atoms with Crippen molar-refractivity contribution in [1.82, 2.24) is 14.9 Å². The Hall–Kier alpha value is -1.77. The number of aliphatic hydroxyl groups excluding tert-OH is 1. The van der Waals surface area contributed by atoms with E-state index in [4.69, 9.17) is 9.84 Å².